The Balaban J connectivity index is 1.27. The number of anilines is 3. The number of amidine groups is 1. The number of rotatable bonds is 9. The monoisotopic (exact) mass is 570 g/mol. The minimum Gasteiger partial charge on any atom is -0.458 e. The van der Waals surface area contributed by atoms with Crippen molar-refractivity contribution in [2.24, 2.45) is 0 Å². The Hall–Kier alpha value is -4.70. The molecule has 2 heterocycles. The van der Waals surface area contributed by atoms with E-state index in [-0.39, 0.29) is 11.9 Å². The van der Waals surface area contributed by atoms with Gasteiger partial charge in [0.1, 0.15) is 6.61 Å². The number of piperazine rings is 1. The molecule has 0 saturated carbocycles. The van der Waals surface area contributed by atoms with Crippen molar-refractivity contribution in [3.05, 3.63) is 101 Å². The zero-order valence-electron chi connectivity index (χ0n) is 22.7. The number of nitrogens with zero attached hydrogens (tertiary/aromatic N) is 5. The van der Waals surface area contributed by atoms with E-state index in [0.717, 1.165) is 16.8 Å². The van der Waals surface area contributed by atoms with Gasteiger partial charge in [0.25, 0.3) is 5.91 Å². The summed E-state index contributed by atoms with van der Waals surface area (Å²) >= 11 is 6.01. The maximum absolute atomic E-state index is 13.0. The van der Waals surface area contributed by atoms with Gasteiger partial charge < -0.3 is 25.2 Å². The Morgan fingerprint density at radius 3 is 2.20 bits per heavy atom. The van der Waals surface area contributed by atoms with E-state index < -0.39 is 0 Å². The predicted octanol–water partition coefficient (Wildman–Crippen LogP) is 5.21. The maximum Gasteiger partial charge on any atom is 0.323 e. The average Bonchev–Trinajstić information content (AvgIpc) is 3.00. The number of hydrogen-bond donors (Lipinski definition) is 3. The Kier molecular flexibility index (Phi) is 8.90. The van der Waals surface area contributed by atoms with Gasteiger partial charge in [-0.05, 0) is 54.4 Å². The van der Waals surface area contributed by atoms with Crippen molar-refractivity contribution in [1.29, 1.82) is 5.41 Å². The molecule has 1 aromatic heterocycles. The Labute approximate surface area is 243 Å². The van der Waals surface area contributed by atoms with Crippen molar-refractivity contribution >= 4 is 40.9 Å². The van der Waals surface area contributed by atoms with Crippen molar-refractivity contribution in [2.45, 2.75) is 20.1 Å². The summed E-state index contributed by atoms with van der Waals surface area (Å²) in [5.74, 6) is 1.16. The van der Waals surface area contributed by atoms with Crippen molar-refractivity contribution in [2.75, 3.05) is 36.8 Å². The van der Waals surface area contributed by atoms with Gasteiger partial charge in [-0.15, -0.1) is 0 Å². The molecule has 1 saturated heterocycles. The maximum atomic E-state index is 13.0. The van der Waals surface area contributed by atoms with E-state index >= 15 is 0 Å². The van der Waals surface area contributed by atoms with E-state index in [9.17, 15) is 4.79 Å². The summed E-state index contributed by atoms with van der Waals surface area (Å²) in [4.78, 5) is 30.2. The van der Waals surface area contributed by atoms with Gasteiger partial charge in [-0.25, -0.2) is 0 Å². The average molecular weight is 571 g/mol. The molecular formula is C30H31ClN8O2. The molecule has 10 nitrogen and oxygen atoms in total. The summed E-state index contributed by atoms with van der Waals surface area (Å²) < 4.78 is 5.89. The lowest BCUT2D eigenvalue weighted by Gasteiger charge is -2.35. The van der Waals surface area contributed by atoms with Gasteiger partial charge in [0.2, 0.25) is 11.9 Å². The lowest BCUT2D eigenvalue weighted by atomic mass is 10.1. The molecule has 0 radical (unpaired) electrons. The number of halogens is 1. The Bertz CT molecular complexity index is 1480. The van der Waals surface area contributed by atoms with Crippen molar-refractivity contribution in [1.82, 2.24) is 24.8 Å². The van der Waals surface area contributed by atoms with Gasteiger partial charge in [0.15, 0.2) is 0 Å². The van der Waals surface area contributed by atoms with Gasteiger partial charge in [-0.1, -0.05) is 54.1 Å². The minimum atomic E-state index is -0.0238. The van der Waals surface area contributed by atoms with E-state index in [1.54, 1.807) is 19.1 Å². The second-order valence-electron chi connectivity index (χ2n) is 9.59. The molecule has 4 aromatic rings. The van der Waals surface area contributed by atoms with Crippen LogP contribution in [-0.2, 0) is 13.2 Å². The lowest BCUT2D eigenvalue weighted by molar-refractivity contribution is 0.0691. The van der Waals surface area contributed by atoms with E-state index in [2.05, 4.69) is 25.6 Å². The normalized spacial score (nSPS) is 13.0. The first kappa shape index (κ1) is 27.9. The summed E-state index contributed by atoms with van der Waals surface area (Å²) in [6.45, 7) is 5.10. The van der Waals surface area contributed by atoms with Crippen molar-refractivity contribution in [3.8, 4) is 6.01 Å². The lowest BCUT2D eigenvalue weighted by Crippen LogP contribution is -2.49. The SMILES string of the molecule is CC(=N)N1CCN(C(=O)c2ccc(Nc3nc(NCc4ccc(Cl)cc4)nc(OCc4ccccc4)n3)cc2)CC1. The molecule has 1 aliphatic rings. The van der Waals surface area contributed by atoms with Crippen LogP contribution in [0.4, 0.5) is 17.6 Å². The van der Waals surface area contributed by atoms with E-state index in [1.807, 2.05) is 76.5 Å². The molecule has 11 heteroatoms. The van der Waals surface area contributed by atoms with E-state index in [4.69, 9.17) is 21.7 Å². The fraction of sp³-hybridized carbons (Fsp3) is 0.233. The molecule has 0 atom stereocenters. The highest BCUT2D eigenvalue weighted by Gasteiger charge is 2.22. The van der Waals surface area contributed by atoms with Gasteiger partial charge in [-0.2, -0.15) is 15.0 Å². The van der Waals surface area contributed by atoms with Gasteiger partial charge in [0.05, 0.1) is 5.84 Å². The summed E-state index contributed by atoms with van der Waals surface area (Å²) in [7, 11) is 0. The predicted molar refractivity (Wildman–Crippen MR) is 160 cm³/mol. The van der Waals surface area contributed by atoms with Crippen LogP contribution in [-0.4, -0.2) is 62.7 Å². The van der Waals surface area contributed by atoms with Crippen LogP contribution in [0.5, 0.6) is 6.01 Å². The molecule has 3 aromatic carbocycles. The van der Waals surface area contributed by atoms with Crippen LogP contribution in [0.2, 0.25) is 5.02 Å². The second-order valence-corrected chi connectivity index (χ2v) is 10.0. The van der Waals surface area contributed by atoms with Crippen LogP contribution in [0.1, 0.15) is 28.4 Å². The number of ether oxygens (including phenoxy) is 1. The first-order valence-corrected chi connectivity index (χ1v) is 13.7. The summed E-state index contributed by atoms with van der Waals surface area (Å²) in [6.07, 6.45) is 0. The molecule has 210 valence electrons. The fourth-order valence-corrected chi connectivity index (χ4v) is 4.44. The van der Waals surface area contributed by atoms with Crippen LogP contribution in [0.3, 0.4) is 0 Å². The third-order valence-corrected chi connectivity index (χ3v) is 6.87. The van der Waals surface area contributed by atoms with Gasteiger partial charge in [-0.3, -0.25) is 10.2 Å². The largest absolute Gasteiger partial charge is 0.458 e. The molecule has 0 unspecified atom stereocenters. The third kappa shape index (κ3) is 7.70. The molecule has 0 bridgehead atoms. The smallest absolute Gasteiger partial charge is 0.323 e. The summed E-state index contributed by atoms with van der Waals surface area (Å²) in [6, 6.07) is 24.7. The first-order valence-electron chi connectivity index (χ1n) is 13.3. The van der Waals surface area contributed by atoms with Crippen LogP contribution < -0.4 is 15.4 Å². The van der Waals surface area contributed by atoms with Crippen LogP contribution >= 0.6 is 11.6 Å². The zero-order valence-corrected chi connectivity index (χ0v) is 23.4. The highest BCUT2D eigenvalue weighted by Crippen LogP contribution is 2.20. The molecule has 3 N–H and O–H groups in total. The molecule has 1 fully saturated rings. The molecule has 1 aliphatic heterocycles. The van der Waals surface area contributed by atoms with Crippen molar-refractivity contribution < 1.29 is 9.53 Å². The number of carbonyl (C=O) groups excluding carboxylic acids is 1. The van der Waals surface area contributed by atoms with Crippen LogP contribution in [0, 0.1) is 5.41 Å². The zero-order chi connectivity index (χ0) is 28.6. The van der Waals surface area contributed by atoms with Crippen molar-refractivity contribution in [3.63, 3.8) is 0 Å². The molecular weight excluding hydrogens is 540 g/mol. The quantitative estimate of drug-likeness (QED) is 0.185. The number of amides is 1. The highest BCUT2D eigenvalue weighted by molar-refractivity contribution is 6.30. The standard InChI is InChI=1S/C30H31ClN8O2/c1-21(32)38-15-17-39(18-16-38)27(40)24-9-13-26(14-10-24)34-29-35-28(33-19-22-7-11-25(31)12-8-22)36-30(37-29)41-20-23-5-3-2-4-6-23/h2-14,32H,15-20H2,1H3,(H2,33,34,35,36,37). The van der Waals surface area contributed by atoms with Gasteiger partial charge in [0, 0.05) is 49.0 Å². The minimum absolute atomic E-state index is 0.0238. The molecule has 0 spiro atoms. The number of nitrogens with one attached hydrogen (secondary N) is 3. The number of carbonyl (C=O) groups is 1. The molecule has 5 rings (SSSR count). The first-order chi connectivity index (χ1) is 19.9. The topological polar surface area (TPSA) is 119 Å². The molecule has 1 amide bonds. The van der Waals surface area contributed by atoms with Crippen LogP contribution in [0.15, 0.2) is 78.9 Å². The van der Waals surface area contributed by atoms with E-state index in [1.165, 1.54) is 0 Å². The van der Waals surface area contributed by atoms with Gasteiger partial charge >= 0.3 is 6.01 Å². The number of aromatic nitrogens is 3. The molecule has 41 heavy (non-hydrogen) atoms. The van der Waals surface area contributed by atoms with Crippen LogP contribution in [0.25, 0.3) is 0 Å². The molecule has 0 aliphatic carbocycles. The number of benzene rings is 3. The number of hydrogen-bond acceptors (Lipinski definition) is 8. The second kappa shape index (κ2) is 13.1. The third-order valence-electron chi connectivity index (χ3n) is 6.62. The highest BCUT2D eigenvalue weighted by atomic mass is 35.5. The Morgan fingerprint density at radius 1 is 0.854 bits per heavy atom. The van der Waals surface area contributed by atoms with E-state index in [0.29, 0.717) is 67.6 Å². The fourth-order valence-electron chi connectivity index (χ4n) is 4.31. The summed E-state index contributed by atoms with van der Waals surface area (Å²) in [5.41, 5.74) is 3.33. The Morgan fingerprint density at radius 2 is 1.51 bits per heavy atom. The summed E-state index contributed by atoms with van der Waals surface area (Å²) in [5, 5.41) is 14.9.